The van der Waals surface area contributed by atoms with Crippen molar-refractivity contribution in [2.45, 2.75) is 51.7 Å². The number of methoxy groups -OCH3 is 1. The first-order valence-electron chi connectivity index (χ1n) is 9.57. The van der Waals surface area contributed by atoms with Crippen molar-refractivity contribution < 1.29 is 28.9 Å². The number of ether oxygens (including phenoxy) is 2. The van der Waals surface area contributed by atoms with Crippen molar-refractivity contribution in [2.75, 3.05) is 20.3 Å². The monoisotopic (exact) mass is 405 g/mol. The Kier molecular flexibility index (Phi) is 5.86. The van der Waals surface area contributed by atoms with Crippen molar-refractivity contribution in [1.29, 1.82) is 0 Å². The summed E-state index contributed by atoms with van der Waals surface area (Å²) in [6, 6.07) is 1.80. The highest BCUT2D eigenvalue weighted by Gasteiger charge is 2.31. The predicted octanol–water partition coefficient (Wildman–Crippen LogP) is 1.23. The predicted molar refractivity (Wildman–Crippen MR) is 107 cm³/mol. The van der Waals surface area contributed by atoms with Crippen LogP contribution in [0.2, 0.25) is 0 Å². The number of rotatable bonds is 6. The number of nitrogens with one attached hydrogen (secondary N) is 1. The number of benzene rings is 1. The van der Waals surface area contributed by atoms with E-state index in [-0.39, 0.29) is 24.1 Å². The van der Waals surface area contributed by atoms with E-state index in [0.717, 1.165) is 12.0 Å². The van der Waals surface area contributed by atoms with Gasteiger partial charge in [-0.1, -0.05) is 0 Å². The minimum Gasteiger partial charge on any atom is -0.496 e. The molecule has 158 valence electrons. The molecule has 1 aliphatic rings. The molecule has 29 heavy (non-hydrogen) atoms. The molecule has 0 spiro atoms. The van der Waals surface area contributed by atoms with E-state index >= 15 is 0 Å². The Bertz CT molecular complexity index is 993. The highest BCUT2D eigenvalue weighted by molar-refractivity contribution is 5.93. The van der Waals surface area contributed by atoms with E-state index in [4.69, 9.17) is 19.0 Å². The van der Waals surface area contributed by atoms with Gasteiger partial charge in [-0.05, 0) is 39.2 Å². The molecule has 0 saturated carbocycles. The van der Waals surface area contributed by atoms with E-state index in [2.05, 4.69) is 5.32 Å². The highest BCUT2D eigenvalue weighted by Crippen LogP contribution is 2.43. The van der Waals surface area contributed by atoms with E-state index in [0.29, 0.717) is 34.5 Å². The molecule has 3 N–H and O–H groups in total. The Hall–Kier alpha value is -2.58. The van der Waals surface area contributed by atoms with E-state index in [1.165, 1.54) is 7.11 Å². The second kappa shape index (κ2) is 8.04. The van der Waals surface area contributed by atoms with Crippen LogP contribution in [0.1, 0.15) is 37.0 Å². The Morgan fingerprint density at radius 1 is 1.41 bits per heavy atom. The van der Waals surface area contributed by atoms with Crippen LogP contribution in [0.3, 0.4) is 0 Å². The molecular weight excluding hydrogens is 378 g/mol. The third-order valence-electron chi connectivity index (χ3n) is 5.24. The van der Waals surface area contributed by atoms with Gasteiger partial charge in [0.1, 0.15) is 22.7 Å². The van der Waals surface area contributed by atoms with Crippen molar-refractivity contribution in [3.63, 3.8) is 0 Å². The highest BCUT2D eigenvalue weighted by atomic mass is 16.5. The summed E-state index contributed by atoms with van der Waals surface area (Å²) in [5, 5.41) is 21.3. The topological polar surface area (TPSA) is 118 Å². The molecule has 0 fully saturated rings. The molecule has 2 heterocycles. The average Bonchev–Trinajstić information content (AvgIpc) is 2.67. The lowest BCUT2D eigenvalue weighted by molar-refractivity contribution is -0.121. The Morgan fingerprint density at radius 3 is 2.79 bits per heavy atom. The molecule has 0 unspecified atom stereocenters. The number of aryl methyl sites for hydroxylation is 2. The van der Waals surface area contributed by atoms with Gasteiger partial charge in [0, 0.05) is 18.2 Å². The fourth-order valence-electron chi connectivity index (χ4n) is 3.57. The lowest BCUT2D eigenvalue weighted by Gasteiger charge is -2.33. The minimum absolute atomic E-state index is 0.1000. The van der Waals surface area contributed by atoms with Crippen LogP contribution in [0.15, 0.2) is 15.3 Å². The van der Waals surface area contributed by atoms with E-state index in [9.17, 15) is 14.7 Å². The second-order valence-corrected chi connectivity index (χ2v) is 7.93. The van der Waals surface area contributed by atoms with Crippen LogP contribution in [0, 0.1) is 6.92 Å². The van der Waals surface area contributed by atoms with Crippen molar-refractivity contribution in [1.82, 2.24) is 5.32 Å². The second-order valence-electron chi connectivity index (χ2n) is 7.93. The normalized spacial score (nSPS) is 16.1. The van der Waals surface area contributed by atoms with E-state index < -0.39 is 24.2 Å². The smallest absolute Gasteiger partial charge is 0.340 e. The van der Waals surface area contributed by atoms with Gasteiger partial charge in [-0.25, -0.2) is 4.79 Å². The fourth-order valence-corrected chi connectivity index (χ4v) is 3.57. The van der Waals surface area contributed by atoms with Crippen LogP contribution in [-0.4, -0.2) is 48.1 Å². The zero-order valence-electron chi connectivity index (χ0n) is 17.1. The van der Waals surface area contributed by atoms with Gasteiger partial charge in [0.15, 0.2) is 0 Å². The van der Waals surface area contributed by atoms with E-state index in [1.54, 1.807) is 13.0 Å². The Morgan fingerprint density at radius 2 is 2.14 bits per heavy atom. The maximum Gasteiger partial charge on any atom is 0.340 e. The van der Waals surface area contributed by atoms with Gasteiger partial charge < -0.3 is 29.4 Å². The summed E-state index contributed by atoms with van der Waals surface area (Å²) in [6.07, 6.45) is 0.224. The zero-order chi connectivity index (χ0) is 21.3. The van der Waals surface area contributed by atoms with Crippen molar-refractivity contribution in [3.05, 3.63) is 33.2 Å². The van der Waals surface area contributed by atoms with Gasteiger partial charge in [-0.2, -0.15) is 0 Å². The number of aliphatic hydroxyl groups excluding tert-OH is 2. The third kappa shape index (κ3) is 4.23. The first-order valence-corrected chi connectivity index (χ1v) is 9.57. The van der Waals surface area contributed by atoms with Gasteiger partial charge in [0.2, 0.25) is 5.91 Å². The molecule has 0 saturated heterocycles. The summed E-state index contributed by atoms with van der Waals surface area (Å²) < 4.78 is 17.2. The molecular formula is C21H27NO7. The summed E-state index contributed by atoms with van der Waals surface area (Å²) in [6.45, 7) is 5.20. The van der Waals surface area contributed by atoms with Gasteiger partial charge in [-0.3, -0.25) is 4.79 Å². The Labute approximate surface area is 168 Å². The fraction of sp³-hybridized carbons (Fsp3) is 0.524. The van der Waals surface area contributed by atoms with Gasteiger partial charge in [0.25, 0.3) is 0 Å². The van der Waals surface area contributed by atoms with Crippen LogP contribution in [0.5, 0.6) is 11.5 Å². The average molecular weight is 405 g/mol. The first kappa shape index (κ1) is 21.1. The lowest BCUT2D eigenvalue weighted by atomic mass is 9.91. The summed E-state index contributed by atoms with van der Waals surface area (Å²) in [5.41, 5.74) is 1.17. The van der Waals surface area contributed by atoms with E-state index in [1.807, 2.05) is 13.8 Å². The van der Waals surface area contributed by atoms with Gasteiger partial charge in [-0.15, -0.1) is 0 Å². The zero-order valence-corrected chi connectivity index (χ0v) is 17.1. The summed E-state index contributed by atoms with van der Waals surface area (Å²) in [7, 11) is 1.53. The minimum atomic E-state index is -1.05. The SMILES string of the molecule is COc1cc2c(c3oc(=O)c(CC(=O)NC[C@H](O)CO)c(C)c13)CCC(C)(C)O2. The summed E-state index contributed by atoms with van der Waals surface area (Å²) in [4.78, 5) is 24.9. The molecule has 0 aliphatic carbocycles. The molecule has 8 heteroatoms. The third-order valence-corrected chi connectivity index (χ3v) is 5.24. The molecule has 8 nitrogen and oxygen atoms in total. The number of hydrogen-bond donors (Lipinski definition) is 3. The van der Waals surface area contributed by atoms with Crippen molar-refractivity contribution in [2.24, 2.45) is 0 Å². The van der Waals surface area contributed by atoms with Crippen LogP contribution >= 0.6 is 0 Å². The summed E-state index contributed by atoms with van der Waals surface area (Å²) in [5.74, 6) is 0.695. The Balaban J connectivity index is 2.05. The quantitative estimate of drug-likeness (QED) is 0.619. The standard InChI is InChI=1S/C21H27NO7/c1-11-14(7-17(25)22-9-12(24)10-23)20(26)28-19-13-5-6-21(2,3)29-15(13)8-16(27-4)18(11)19/h8,12,23-24H,5-7,9-10H2,1-4H3,(H,22,25)/t12-/m0/s1. The maximum atomic E-state index is 12.7. The molecule has 0 radical (unpaired) electrons. The molecule has 1 aliphatic heterocycles. The first-order chi connectivity index (χ1) is 13.7. The van der Waals surface area contributed by atoms with Gasteiger partial charge >= 0.3 is 5.63 Å². The maximum absolute atomic E-state index is 12.7. The van der Waals surface area contributed by atoms with Crippen molar-refractivity contribution in [3.8, 4) is 11.5 Å². The number of carbonyl (C=O) groups is 1. The lowest BCUT2D eigenvalue weighted by Crippen LogP contribution is -2.35. The molecule has 2 aromatic rings. The number of aliphatic hydroxyl groups is 2. The van der Waals surface area contributed by atoms with Crippen molar-refractivity contribution >= 4 is 16.9 Å². The molecule has 1 aromatic carbocycles. The number of amides is 1. The number of fused-ring (bicyclic) bond motifs is 3. The number of carbonyl (C=O) groups excluding carboxylic acids is 1. The van der Waals surface area contributed by atoms with Crippen LogP contribution in [-0.2, 0) is 17.6 Å². The van der Waals surface area contributed by atoms with Crippen LogP contribution in [0.25, 0.3) is 11.0 Å². The molecule has 1 atom stereocenters. The van der Waals surface area contributed by atoms with Crippen LogP contribution < -0.4 is 20.4 Å². The largest absolute Gasteiger partial charge is 0.496 e. The molecule has 1 aromatic heterocycles. The van der Waals surface area contributed by atoms with Gasteiger partial charge in [0.05, 0.1) is 37.2 Å². The number of hydrogen-bond acceptors (Lipinski definition) is 7. The molecule has 3 rings (SSSR count). The molecule has 0 bridgehead atoms. The molecule has 1 amide bonds. The summed E-state index contributed by atoms with van der Waals surface area (Å²) >= 11 is 0. The van der Waals surface area contributed by atoms with Crippen LogP contribution in [0.4, 0.5) is 0 Å².